The molecule has 27 heteroatoms. The molecule has 1 aliphatic rings. The summed E-state index contributed by atoms with van der Waals surface area (Å²) in [6, 6.07) is 15.1. The van der Waals surface area contributed by atoms with E-state index >= 15 is 0 Å². The van der Waals surface area contributed by atoms with Gasteiger partial charge in [-0.05, 0) is 60.5 Å². The number of carboxylic acid groups (broad SMARTS) is 1. The van der Waals surface area contributed by atoms with Crippen LogP contribution in [-0.2, 0) is 55.1 Å². The van der Waals surface area contributed by atoms with Crippen molar-refractivity contribution >= 4 is 95.9 Å². The second kappa shape index (κ2) is 16.8. The monoisotopic (exact) mass is 1020 g/mol. The van der Waals surface area contributed by atoms with Gasteiger partial charge in [0.25, 0.3) is 46.0 Å². The molecule has 67 heavy (non-hydrogen) atoms. The molecule has 0 radical (unpaired) electrons. The maximum atomic E-state index is 14.4. The van der Waals surface area contributed by atoms with Crippen molar-refractivity contribution in [3.63, 3.8) is 0 Å². The van der Waals surface area contributed by atoms with Crippen LogP contribution in [0, 0.1) is 5.92 Å². The Hall–Kier alpha value is -6.82. The van der Waals surface area contributed by atoms with E-state index in [2.05, 4.69) is 10.3 Å². The summed E-state index contributed by atoms with van der Waals surface area (Å²) in [6.07, 6.45) is -0.975. The van der Waals surface area contributed by atoms with Gasteiger partial charge in [-0.25, -0.2) is 8.42 Å². The number of carbonyl (C=O) groups excluding carboxylic acids is 3. The van der Waals surface area contributed by atoms with Crippen molar-refractivity contribution in [1.82, 2.24) is 4.98 Å². The number of H-pyrrole nitrogens is 1. The fourth-order valence-corrected chi connectivity index (χ4v) is 11.2. The number of Topliss-reactive ketones (excluding diaryl/α,β-unsaturated/α-hetero) is 1. The van der Waals surface area contributed by atoms with Gasteiger partial charge in [0, 0.05) is 27.6 Å². The van der Waals surface area contributed by atoms with E-state index in [0.717, 1.165) is 54.6 Å². The first-order valence-electron chi connectivity index (χ1n) is 18.5. The number of sulfone groups is 1. The summed E-state index contributed by atoms with van der Waals surface area (Å²) in [6.45, 7) is 0. The molecule has 1 unspecified atom stereocenters. The van der Waals surface area contributed by atoms with Gasteiger partial charge in [-0.2, -0.15) is 33.7 Å². The Kier molecular flexibility index (Phi) is 12.1. The van der Waals surface area contributed by atoms with Crippen LogP contribution in [0.15, 0.2) is 126 Å². The van der Waals surface area contributed by atoms with Gasteiger partial charge in [0.2, 0.25) is 0 Å². The Bertz CT molecular complexity index is 3860. The summed E-state index contributed by atoms with van der Waals surface area (Å²) in [5.41, 5.74) is -6.68. The molecule has 0 aliphatic heterocycles. The molecule has 1 aliphatic carbocycles. The summed E-state index contributed by atoms with van der Waals surface area (Å²) >= 11 is 0. The Morgan fingerprint density at radius 3 is 1.72 bits per heavy atom. The molecule has 22 nitrogen and oxygen atoms in total. The second-order valence-corrected chi connectivity index (χ2v) is 22.3. The molecule has 348 valence electrons. The van der Waals surface area contributed by atoms with Gasteiger partial charge < -0.3 is 15.4 Å². The highest BCUT2D eigenvalue weighted by molar-refractivity contribution is 7.91. The average Bonchev–Trinajstić information content (AvgIpc) is 3.23. The standard InChI is InChI=1S/C40H28N2O20S5/c43-36(19-5-3-7-22(15-19)64(51,52)53)26(40(47)48)13-14-63(49,50)21-11-12-27(29(17-21)66(57,58)59)41-28-18-30(67(60,61)62)35-33-31(24-9-1-2-10-25(24)38(45)32(28)33)34(39(46)42-35)37(44)20-6-4-8-23(16-20)65(54,55)56/h1-12,15-18,26,41H,13-14H2,(H,42,46)(H,47,48)(H,51,52,53)(H,54,55,56)(H,57,58,59)(H,60,61,62). The number of benzene rings is 5. The second-order valence-electron chi connectivity index (χ2n) is 14.6. The lowest BCUT2D eigenvalue weighted by molar-refractivity contribution is -0.140. The molecule has 0 saturated carbocycles. The van der Waals surface area contributed by atoms with E-state index < -0.39 is 172 Å². The molecule has 0 amide bonds. The third-order valence-electron chi connectivity index (χ3n) is 10.4. The van der Waals surface area contributed by atoms with Gasteiger partial charge in [0.1, 0.15) is 15.7 Å². The number of rotatable bonds is 15. The first kappa shape index (κ1) is 48.1. The predicted molar refractivity (Wildman–Crippen MR) is 231 cm³/mol. The van der Waals surface area contributed by atoms with E-state index in [4.69, 9.17) is 0 Å². The van der Waals surface area contributed by atoms with Crippen molar-refractivity contribution < 1.29 is 84.6 Å². The number of hydrogen-bond donors (Lipinski definition) is 7. The van der Waals surface area contributed by atoms with Gasteiger partial charge in [-0.1, -0.05) is 48.5 Å². The Morgan fingerprint density at radius 1 is 0.582 bits per heavy atom. The highest BCUT2D eigenvalue weighted by Gasteiger charge is 2.37. The number of aromatic amines is 1. The molecule has 1 atom stereocenters. The maximum Gasteiger partial charge on any atom is 0.314 e. The molecule has 6 aromatic rings. The number of pyridine rings is 1. The topological polar surface area (TPSA) is 385 Å². The lowest BCUT2D eigenvalue weighted by atomic mass is 9.80. The molecule has 5 aromatic carbocycles. The zero-order valence-electron chi connectivity index (χ0n) is 33.1. The molecular formula is C40H28N2O20S5. The number of hydrogen-bond acceptors (Lipinski definition) is 16. The van der Waals surface area contributed by atoms with Gasteiger partial charge in [-0.3, -0.25) is 42.2 Å². The Labute approximate surface area is 377 Å². The van der Waals surface area contributed by atoms with Crippen LogP contribution in [0.4, 0.5) is 11.4 Å². The minimum absolute atomic E-state index is 0.143. The van der Waals surface area contributed by atoms with Crippen molar-refractivity contribution in [1.29, 1.82) is 0 Å². The Morgan fingerprint density at radius 2 is 1.15 bits per heavy atom. The Balaban J connectivity index is 1.37. The molecule has 7 N–H and O–H groups in total. The molecule has 0 fully saturated rings. The fourth-order valence-electron chi connectivity index (χ4n) is 7.37. The number of aromatic nitrogens is 1. The summed E-state index contributed by atoms with van der Waals surface area (Å²) in [5.74, 6) is -8.57. The summed E-state index contributed by atoms with van der Waals surface area (Å²) in [4.78, 5) is 65.1. The lowest BCUT2D eigenvalue weighted by Crippen LogP contribution is -2.27. The molecule has 0 saturated heterocycles. The quantitative estimate of drug-likeness (QED) is 0.0439. The number of ketones is 3. The van der Waals surface area contributed by atoms with Gasteiger partial charge in [0.05, 0.1) is 48.5 Å². The third kappa shape index (κ3) is 9.18. The summed E-state index contributed by atoms with van der Waals surface area (Å²) < 4.78 is 166. The van der Waals surface area contributed by atoms with E-state index in [0.29, 0.717) is 18.2 Å². The minimum atomic E-state index is -5.52. The van der Waals surface area contributed by atoms with Gasteiger partial charge in [0.15, 0.2) is 27.2 Å². The van der Waals surface area contributed by atoms with Crippen LogP contribution in [0.5, 0.6) is 0 Å². The average molecular weight is 1020 g/mol. The van der Waals surface area contributed by atoms with Crippen molar-refractivity contribution in [2.45, 2.75) is 30.9 Å². The van der Waals surface area contributed by atoms with Crippen molar-refractivity contribution in [3.8, 4) is 11.1 Å². The van der Waals surface area contributed by atoms with Crippen molar-refractivity contribution in [3.05, 3.63) is 135 Å². The van der Waals surface area contributed by atoms with Gasteiger partial charge in [-0.15, -0.1) is 0 Å². The van der Waals surface area contributed by atoms with E-state index in [1.807, 2.05) is 0 Å². The molecule has 1 heterocycles. The molecule has 0 bridgehead atoms. The maximum absolute atomic E-state index is 14.4. The van der Waals surface area contributed by atoms with Crippen LogP contribution in [0.25, 0.3) is 22.0 Å². The fraction of sp³-hybridized carbons (Fsp3) is 0.0750. The van der Waals surface area contributed by atoms with E-state index in [1.165, 1.54) is 24.3 Å². The highest BCUT2D eigenvalue weighted by Crippen LogP contribution is 2.46. The zero-order valence-corrected chi connectivity index (χ0v) is 37.2. The van der Waals surface area contributed by atoms with E-state index in [9.17, 15) is 89.4 Å². The predicted octanol–water partition coefficient (Wildman–Crippen LogP) is 3.45. The van der Waals surface area contributed by atoms with Gasteiger partial charge >= 0.3 is 5.97 Å². The van der Waals surface area contributed by atoms with E-state index in [-0.39, 0.29) is 11.1 Å². The van der Waals surface area contributed by atoms with Crippen LogP contribution in [0.2, 0.25) is 0 Å². The number of carboxylic acids is 1. The number of aliphatic carboxylic acids is 1. The largest absolute Gasteiger partial charge is 0.481 e. The first-order valence-corrected chi connectivity index (χ1v) is 25.9. The summed E-state index contributed by atoms with van der Waals surface area (Å²) in [5, 5.41) is 11.7. The number of fused-ring (bicyclic) bond motifs is 2. The number of anilines is 2. The SMILES string of the molecule is O=C(c1cccc(S(=O)(=O)O)c1)c1c2c3c(c(Nc4ccc(S(=O)(=O)CCC(C(=O)O)C(=O)c5cccc(S(=O)(=O)O)c5)cc4S(=O)(=O)O)cc(S(=O)(=O)O)c3[nH]c1=O)C(=O)c1ccccc1-2. The molecule has 1 aromatic heterocycles. The van der Waals surface area contributed by atoms with Crippen LogP contribution in [0.1, 0.15) is 48.6 Å². The van der Waals surface area contributed by atoms with Crippen LogP contribution >= 0.6 is 0 Å². The third-order valence-corrected chi connectivity index (χ3v) is 15.6. The first-order chi connectivity index (χ1) is 31.0. The normalized spacial score (nSPS) is 13.5. The van der Waals surface area contributed by atoms with E-state index in [1.54, 1.807) is 0 Å². The molecular weight excluding hydrogens is 989 g/mol. The van der Waals surface area contributed by atoms with Crippen molar-refractivity contribution in [2.24, 2.45) is 5.92 Å². The zero-order chi connectivity index (χ0) is 49.3. The van der Waals surface area contributed by atoms with Crippen LogP contribution in [0.3, 0.4) is 0 Å². The van der Waals surface area contributed by atoms with Crippen LogP contribution in [-0.4, -0.2) is 99.5 Å². The lowest BCUT2D eigenvalue weighted by Gasteiger charge is -2.25. The minimum Gasteiger partial charge on any atom is -0.481 e. The molecule has 0 spiro atoms. The summed E-state index contributed by atoms with van der Waals surface area (Å²) in [7, 11) is -25.5. The number of carbonyl (C=O) groups is 4. The highest BCUT2D eigenvalue weighted by atomic mass is 32.2. The smallest absolute Gasteiger partial charge is 0.314 e. The van der Waals surface area contributed by atoms with Crippen molar-refractivity contribution in [2.75, 3.05) is 11.1 Å². The number of nitrogens with one attached hydrogen (secondary N) is 2. The van der Waals surface area contributed by atoms with Crippen LogP contribution < -0.4 is 10.9 Å². The molecule has 7 rings (SSSR count).